The molecule has 15 heavy (non-hydrogen) atoms. The highest BCUT2D eigenvalue weighted by atomic mass is 16.3. The van der Waals surface area contributed by atoms with Crippen molar-refractivity contribution in [3.05, 3.63) is 23.7 Å². The van der Waals surface area contributed by atoms with E-state index in [4.69, 9.17) is 4.42 Å². The van der Waals surface area contributed by atoms with Crippen LogP contribution in [-0.2, 0) is 6.54 Å². The van der Waals surface area contributed by atoms with Crippen molar-refractivity contribution in [1.82, 2.24) is 10.2 Å². The summed E-state index contributed by atoms with van der Waals surface area (Å²) in [6, 6.07) is 2.60. The highest BCUT2D eigenvalue weighted by Gasteiger charge is 2.08. The highest BCUT2D eigenvalue weighted by molar-refractivity contribution is 5.14. The average Bonchev–Trinajstić information content (AvgIpc) is 2.58. The molecule has 1 N–H and O–H groups in total. The van der Waals surface area contributed by atoms with Crippen LogP contribution >= 0.6 is 0 Å². The van der Waals surface area contributed by atoms with Gasteiger partial charge in [0.2, 0.25) is 0 Å². The summed E-state index contributed by atoms with van der Waals surface area (Å²) in [5.41, 5.74) is 1.22. The molecule has 0 aromatic carbocycles. The zero-order valence-corrected chi connectivity index (χ0v) is 10.2. The number of hydrogen-bond acceptors (Lipinski definition) is 3. The Labute approximate surface area is 92.5 Å². The van der Waals surface area contributed by atoms with E-state index in [1.165, 1.54) is 5.56 Å². The summed E-state index contributed by atoms with van der Waals surface area (Å²) in [6.07, 6.45) is 2.91. The molecule has 0 radical (unpaired) electrons. The SMILES string of the molecule is CCC(CNCc1occc1C)N(C)C. The van der Waals surface area contributed by atoms with Crippen molar-refractivity contribution < 1.29 is 4.42 Å². The lowest BCUT2D eigenvalue weighted by molar-refractivity contribution is 0.273. The van der Waals surface area contributed by atoms with Gasteiger partial charge in [-0.05, 0) is 39.1 Å². The molecular weight excluding hydrogens is 188 g/mol. The Bertz CT molecular complexity index is 281. The van der Waals surface area contributed by atoms with Gasteiger partial charge in [-0.15, -0.1) is 0 Å². The Hall–Kier alpha value is -0.800. The molecule has 1 aromatic heterocycles. The van der Waals surface area contributed by atoms with Crippen molar-refractivity contribution in [2.75, 3.05) is 20.6 Å². The Balaban J connectivity index is 2.29. The van der Waals surface area contributed by atoms with E-state index in [1.807, 2.05) is 6.07 Å². The van der Waals surface area contributed by atoms with Gasteiger partial charge in [-0.1, -0.05) is 6.92 Å². The molecule has 0 amide bonds. The van der Waals surface area contributed by atoms with Crippen LogP contribution in [0.25, 0.3) is 0 Å². The molecule has 0 fully saturated rings. The van der Waals surface area contributed by atoms with Gasteiger partial charge in [-0.3, -0.25) is 0 Å². The van der Waals surface area contributed by atoms with E-state index >= 15 is 0 Å². The number of nitrogens with zero attached hydrogens (tertiary/aromatic N) is 1. The van der Waals surface area contributed by atoms with Crippen LogP contribution in [0.4, 0.5) is 0 Å². The lowest BCUT2D eigenvalue weighted by Gasteiger charge is -2.22. The fourth-order valence-corrected chi connectivity index (χ4v) is 1.63. The maximum atomic E-state index is 5.36. The van der Waals surface area contributed by atoms with Gasteiger partial charge in [0.25, 0.3) is 0 Å². The van der Waals surface area contributed by atoms with Crippen LogP contribution in [0.3, 0.4) is 0 Å². The topological polar surface area (TPSA) is 28.4 Å². The predicted molar refractivity (Wildman–Crippen MR) is 62.9 cm³/mol. The van der Waals surface area contributed by atoms with Gasteiger partial charge in [-0.2, -0.15) is 0 Å². The predicted octanol–water partition coefficient (Wildman–Crippen LogP) is 2.02. The lowest BCUT2D eigenvalue weighted by Crippen LogP contribution is -2.37. The third-order valence-electron chi connectivity index (χ3n) is 2.84. The minimum atomic E-state index is 0.597. The molecule has 0 saturated carbocycles. The summed E-state index contributed by atoms with van der Waals surface area (Å²) < 4.78 is 5.36. The molecular formula is C12H22N2O. The van der Waals surface area contributed by atoms with Crippen LogP contribution in [0.2, 0.25) is 0 Å². The number of furan rings is 1. The Morgan fingerprint density at radius 3 is 2.67 bits per heavy atom. The Morgan fingerprint density at radius 2 is 2.20 bits per heavy atom. The van der Waals surface area contributed by atoms with Crippen LogP contribution in [0.15, 0.2) is 16.7 Å². The monoisotopic (exact) mass is 210 g/mol. The molecule has 1 heterocycles. The summed E-state index contributed by atoms with van der Waals surface area (Å²) in [5.74, 6) is 1.05. The second kappa shape index (κ2) is 5.93. The third-order valence-corrected chi connectivity index (χ3v) is 2.84. The van der Waals surface area contributed by atoms with Crippen LogP contribution in [-0.4, -0.2) is 31.6 Å². The van der Waals surface area contributed by atoms with E-state index in [2.05, 4.69) is 38.2 Å². The molecule has 0 spiro atoms. The first-order valence-electron chi connectivity index (χ1n) is 5.55. The minimum absolute atomic E-state index is 0.597. The van der Waals surface area contributed by atoms with Crippen molar-refractivity contribution in [2.24, 2.45) is 0 Å². The van der Waals surface area contributed by atoms with Crippen molar-refractivity contribution >= 4 is 0 Å². The molecule has 1 unspecified atom stereocenters. The molecule has 1 atom stereocenters. The number of nitrogens with one attached hydrogen (secondary N) is 1. The van der Waals surface area contributed by atoms with E-state index < -0.39 is 0 Å². The molecule has 3 heteroatoms. The molecule has 3 nitrogen and oxygen atoms in total. The van der Waals surface area contributed by atoms with Crippen molar-refractivity contribution in [3.63, 3.8) is 0 Å². The summed E-state index contributed by atoms with van der Waals surface area (Å²) in [6.45, 7) is 6.11. The molecule has 0 aliphatic rings. The first-order chi connectivity index (χ1) is 7.15. The third kappa shape index (κ3) is 3.68. The maximum absolute atomic E-state index is 5.36. The fourth-order valence-electron chi connectivity index (χ4n) is 1.63. The van der Waals surface area contributed by atoms with E-state index in [9.17, 15) is 0 Å². The molecule has 0 aliphatic carbocycles. The van der Waals surface area contributed by atoms with Crippen molar-refractivity contribution in [3.8, 4) is 0 Å². The molecule has 86 valence electrons. The van der Waals surface area contributed by atoms with Crippen molar-refractivity contribution in [2.45, 2.75) is 32.9 Å². The summed E-state index contributed by atoms with van der Waals surface area (Å²) in [5, 5.41) is 3.43. The molecule has 1 rings (SSSR count). The minimum Gasteiger partial charge on any atom is -0.468 e. The lowest BCUT2D eigenvalue weighted by atomic mass is 10.2. The number of hydrogen-bond donors (Lipinski definition) is 1. The molecule has 0 bridgehead atoms. The first-order valence-corrected chi connectivity index (χ1v) is 5.55. The van der Waals surface area contributed by atoms with Gasteiger partial charge in [0.1, 0.15) is 5.76 Å². The van der Waals surface area contributed by atoms with E-state index in [-0.39, 0.29) is 0 Å². The van der Waals surface area contributed by atoms with E-state index in [0.29, 0.717) is 6.04 Å². The van der Waals surface area contributed by atoms with Gasteiger partial charge in [0.05, 0.1) is 12.8 Å². The highest BCUT2D eigenvalue weighted by Crippen LogP contribution is 2.08. The second-order valence-electron chi connectivity index (χ2n) is 4.18. The van der Waals surface area contributed by atoms with Gasteiger partial charge in [0.15, 0.2) is 0 Å². The average molecular weight is 210 g/mol. The van der Waals surface area contributed by atoms with Crippen LogP contribution in [0.5, 0.6) is 0 Å². The second-order valence-corrected chi connectivity index (χ2v) is 4.18. The normalized spacial score (nSPS) is 13.4. The zero-order chi connectivity index (χ0) is 11.3. The van der Waals surface area contributed by atoms with Gasteiger partial charge < -0.3 is 14.6 Å². The van der Waals surface area contributed by atoms with Crippen LogP contribution in [0, 0.1) is 6.92 Å². The fraction of sp³-hybridized carbons (Fsp3) is 0.667. The molecule has 1 aromatic rings. The van der Waals surface area contributed by atoms with Crippen LogP contribution < -0.4 is 5.32 Å². The molecule has 0 saturated heterocycles. The number of aryl methyl sites for hydroxylation is 1. The first kappa shape index (κ1) is 12.3. The molecule has 0 aliphatic heterocycles. The zero-order valence-electron chi connectivity index (χ0n) is 10.2. The van der Waals surface area contributed by atoms with Crippen LogP contribution in [0.1, 0.15) is 24.7 Å². The van der Waals surface area contributed by atoms with E-state index in [1.54, 1.807) is 6.26 Å². The maximum Gasteiger partial charge on any atom is 0.120 e. The summed E-state index contributed by atoms with van der Waals surface area (Å²) >= 11 is 0. The quantitative estimate of drug-likeness (QED) is 0.778. The van der Waals surface area contributed by atoms with E-state index in [0.717, 1.165) is 25.3 Å². The smallest absolute Gasteiger partial charge is 0.120 e. The summed E-state index contributed by atoms with van der Waals surface area (Å²) in [4.78, 5) is 2.25. The standard InChI is InChI=1S/C12H22N2O/c1-5-11(14(3)4)8-13-9-12-10(2)6-7-15-12/h6-7,11,13H,5,8-9H2,1-4H3. The van der Waals surface area contributed by atoms with Gasteiger partial charge in [-0.25, -0.2) is 0 Å². The Morgan fingerprint density at radius 1 is 1.47 bits per heavy atom. The Kier molecular flexibility index (Phi) is 4.85. The largest absolute Gasteiger partial charge is 0.468 e. The number of rotatable bonds is 6. The van der Waals surface area contributed by atoms with Crippen molar-refractivity contribution in [1.29, 1.82) is 0 Å². The van der Waals surface area contributed by atoms with Gasteiger partial charge >= 0.3 is 0 Å². The van der Waals surface area contributed by atoms with Gasteiger partial charge in [0, 0.05) is 12.6 Å². The summed E-state index contributed by atoms with van der Waals surface area (Å²) in [7, 11) is 4.24. The number of likely N-dealkylation sites (N-methyl/N-ethyl adjacent to an activating group) is 1.